The summed E-state index contributed by atoms with van der Waals surface area (Å²) < 4.78 is 47.2. The van der Waals surface area contributed by atoms with Crippen molar-refractivity contribution in [2.45, 2.75) is 26.0 Å². The second-order valence-corrected chi connectivity index (χ2v) is 4.58. The fourth-order valence-corrected chi connectivity index (χ4v) is 1.93. The normalized spacial score (nSPS) is 12.4. The Morgan fingerprint density at radius 3 is 2.76 bits per heavy atom. The molecule has 7 heteroatoms. The summed E-state index contributed by atoms with van der Waals surface area (Å²) in [7, 11) is 0. The lowest BCUT2D eigenvalue weighted by Crippen LogP contribution is -2.19. The van der Waals surface area contributed by atoms with E-state index < -0.39 is 18.2 Å². The molecule has 0 saturated heterocycles. The number of alkyl halides is 2. The van der Waals surface area contributed by atoms with E-state index in [0.29, 0.717) is 12.1 Å². The number of hydrogen-bond donors (Lipinski definition) is 2. The largest absolute Gasteiger partial charge is 0.469 e. The van der Waals surface area contributed by atoms with Crippen LogP contribution in [0.4, 0.5) is 24.5 Å². The molecule has 0 amide bonds. The first-order valence-corrected chi connectivity index (χ1v) is 6.28. The lowest BCUT2D eigenvalue weighted by Gasteiger charge is -2.17. The molecule has 1 heterocycles. The molecule has 0 aliphatic heterocycles. The predicted octanol–water partition coefficient (Wildman–Crippen LogP) is 3.65. The van der Waals surface area contributed by atoms with Gasteiger partial charge in [-0.3, -0.25) is 0 Å². The lowest BCUT2D eigenvalue weighted by molar-refractivity contribution is -0.0521. The number of ether oxygens (including phenoxy) is 1. The Labute approximate surface area is 119 Å². The quantitative estimate of drug-likeness (QED) is 0.800. The smallest absolute Gasteiger partial charge is 0.387 e. The van der Waals surface area contributed by atoms with Crippen molar-refractivity contribution in [2.24, 2.45) is 0 Å². The fourth-order valence-electron chi connectivity index (χ4n) is 1.93. The monoisotopic (exact) mass is 300 g/mol. The number of hydrogen-bond acceptors (Lipinski definition) is 4. The molecule has 1 unspecified atom stereocenters. The van der Waals surface area contributed by atoms with Crippen molar-refractivity contribution in [2.75, 3.05) is 11.1 Å². The highest BCUT2D eigenvalue weighted by atomic mass is 19.3. The number of rotatable bonds is 6. The summed E-state index contributed by atoms with van der Waals surface area (Å²) in [6.45, 7) is -1.24. The highest BCUT2D eigenvalue weighted by molar-refractivity contribution is 5.69. The van der Waals surface area contributed by atoms with Crippen molar-refractivity contribution in [1.29, 1.82) is 0 Å². The van der Waals surface area contributed by atoms with E-state index in [9.17, 15) is 13.2 Å². The number of anilines is 2. The molecule has 114 valence electrons. The van der Waals surface area contributed by atoms with Gasteiger partial charge in [0.1, 0.15) is 5.76 Å². The van der Waals surface area contributed by atoms with Gasteiger partial charge in [-0.15, -0.1) is 0 Å². The summed E-state index contributed by atoms with van der Waals surface area (Å²) in [5.41, 5.74) is 6.11. The van der Waals surface area contributed by atoms with Crippen LogP contribution in [-0.2, 0) is 6.42 Å². The Kier molecular flexibility index (Phi) is 4.62. The molecule has 2 aromatic rings. The van der Waals surface area contributed by atoms with Gasteiger partial charge in [0.05, 0.1) is 17.6 Å². The number of benzene rings is 1. The van der Waals surface area contributed by atoms with E-state index >= 15 is 0 Å². The number of nitrogen functional groups attached to an aromatic ring is 1. The van der Waals surface area contributed by atoms with Crippen molar-refractivity contribution in [3.63, 3.8) is 0 Å². The second-order valence-electron chi connectivity index (χ2n) is 4.58. The van der Waals surface area contributed by atoms with E-state index in [2.05, 4.69) is 10.1 Å². The molecule has 1 aromatic heterocycles. The van der Waals surface area contributed by atoms with E-state index in [1.54, 1.807) is 12.3 Å². The second kappa shape index (κ2) is 6.43. The number of nitrogens with two attached hydrogens (primary N) is 1. The lowest BCUT2D eigenvalue weighted by atomic mass is 10.1. The molecule has 4 nitrogen and oxygen atoms in total. The predicted molar refractivity (Wildman–Crippen MR) is 72.9 cm³/mol. The summed E-state index contributed by atoms with van der Waals surface area (Å²) in [5, 5.41) is 3.01. The standard InChI is InChI=1S/C14H15F3N2O2/c1-8(5-9-3-2-4-20-9)19-12-7-13(21-14(16)17)10(15)6-11(12)18/h2-4,6-8,14,19H,5,18H2,1H3. The first kappa shape index (κ1) is 15.1. The number of furan rings is 1. The SMILES string of the molecule is CC(Cc1ccco1)Nc1cc(OC(F)F)c(F)cc1N. The molecule has 0 bridgehead atoms. The van der Waals surface area contributed by atoms with Gasteiger partial charge in [0.2, 0.25) is 0 Å². The average molecular weight is 300 g/mol. The van der Waals surface area contributed by atoms with Crippen LogP contribution in [0, 0.1) is 5.82 Å². The third-order valence-electron chi connectivity index (χ3n) is 2.81. The maximum absolute atomic E-state index is 13.5. The van der Waals surface area contributed by atoms with Crippen LogP contribution in [0.3, 0.4) is 0 Å². The van der Waals surface area contributed by atoms with Crippen molar-refractivity contribution >= 4 is 11.4 Å². The molecule has 0 saturated carbocycles. The highest BCUT2D eigenvalue weighted by Gasteiger charge is 2.15. The van der Waals surface area contributed by atoms with Gasteiger partial charge >= 0.3 is 6.61 Å². The Morgan fingerprint density at radius 1 is 1.38 bits per heavy atom. The summed E-state index contributed by atoms with van der Waals surface area (Å²) in [6.07, 6.45) is 2.12. The minimum atomic E-state index is -3.10. The van der Waals surface area contributed by atoms with Crippen LogP contribution in [0.2, 0.25) is 0 Å². The van der Waals surface area contributed by atoms with Crippen LogP contribution >= 0.6 is 0 Å². The molecular weight excluding hydrogens is 285 g/mol. The zero-order valence-electron chi connectivity index (χ0n) is 11.3. The maximum atomic E-state index is 13.5. The van der Waals surface area contributed by atoms with Gasteiger partial charge in [0, 0.05) is 24.6 Å². The van der Waals surface area contributed by atoms with Crippen molar-refractivity contribution in [3.8, 4) is 5.75 Å². The number of nitrogens with one attached hydrogen (secondary N) is 1. The highest BCUT2D eigenvalue weighted by Crippen LogP contribution is 2.30. The molecule has 0 spiro atoms. The van der Waals surface area contributed by atoms with Gasteiger partial charge in [-0.25, -0.2) is 4.39 Å². The molecule has 1 atom stereocenters. The molecule has 0 fully saturated rings. The molecule has 0 aliphatic carbocycles. The third kappa shape index (κ3) is 4.08. The van der Waals surface area contributed by atoms with Gasteiger partial charge in [0.15, 0.2) is 11.6 Å². The van der Waals surface area contributed by atoms with Crippen molar-refractivity contribution in [1.82, 2.24) is 0 Å². The van der Waals surface area contributed by atoms with Gasteiger partial charge in [-0.2, -0.15) is 8.78 Å². The van der Waals surface area contributed by atoms with Crippen molar-refractivity contribution in [3.05, 3.63) is 42.1 Å². The van der Waals surface area contributed by atoms with E-state index in [-0.39, 0.29) is 11.7 Å². The molecular formula is C14H15F3N2O2. The van der Waals surface area contributed by atoms with Gasteiger partial charge in [0.25, 0.3) is 0 Å². The Bertz CT molecular complexity index is 588. The molecule has 2 rings (SSSR count). The minimum Gasteiger partial charge on any atom is -0.469 e. The first-order valence-electron chi connectivity index (χ1n) is 6.28. The Balaban J connectivity index is 2.11. The van der Waals surface area contributed by atoms with Gasteiger partial charge in [-0.05, 0) is 19.1 Å². The molecule has 21 heavy (non-hydrogen) atoms. The van der Waals surface area contributed by atoms with Crippen LogP contribution in [0.15, 0.2) is 34.9 Å². The van der Waals surface area contributed by atoms with Crippen molar-refractivity contribution < 1.29 is 22.3 Å². The van der Waals surface area contributed by atoms with Crippen LogP contribution in [0.5, 0.6) is 5.75 Å². The first-order chi connectivity index (χ1) is 9.95. The third-order valence-corrected chi connectivity index (χ3v) is 2.81. The number of halogens is 3. The Hall–Kier alpha value is -2.31. The average Bonchev–Trinajstić information content (AvgIpc) is 2.87. The van der Waals surface area contributed by atoms with Gasteiger partial charge < -0.3 is 20.2 Å². The topological polar surface area (TPSA) is 60.4 Å². The maximum Gasteiger partial charge on any atom is 0.387 e. The van der Waals surface area contributed by atoms with E-state index in [1.807, 2.05) is 13.0 Å². The zero-order valence-corrected chi connectivity index (χ0v) is 11.3. The molecule has 0 radical (unpaired) electrons. The minimum absolute atomic E-state index is 0.0942. The summed E-state index contributed by atoms with van der Waals surface area (Å²) in [4.78, 5) is 0. The summed E-state index contributed by atoms with van der Waals surface area (Å²) in [5.74, 6) is -0.719. The zero-order chi connectivity index (χ0) is 15.4. The van der Waals surface area contributed by atoms with Crippen LogP contribution in [0.1, 0.15) is 12.7 Å². The van der Waals surface area contributed by atoms with E-state index in [1.165, 1.54) is 0 Å². The molecule has 1 aromatic carbocycles. The van der Waals surface area contributed by atoms with Crippen LogP contribution < -0.4 is 15.8 Å². The van der Waals surface area contributed by atoms with Crippen LogP contribution in [0.25, 0.3) is 0 Å². The van der Waals surface area contributed by atoms with Gasteiger partial charge in [-0.1, -0.05) is 0 Å². The fraction of sp³-hybridized carbons (Fsp3) is 0.286. The molecule has 3 N–H and O–H groups in total. The van der Waals surface area contributed by atoms with E-state index in [0.717, 1.165) is 17.9 Å². The summed E-state index contributed by atoms with van der Waals surface area (Å²) >= 11 is 0. The summed E-state index contributed by atoms with van der Waals surface area (Å²) in [6, 6.07) is 5.55. The Morgan fingerprint density at radius 2 is 2.14 bits per heavy atom. The van der Waals surface area contributed by atoms with E-state index in [4.69, 9.17) is 10.2 Å². The van der Waals surface area contributed by atoms with Crippen LogP contribution in [-0.4, -0.2) is 12.7 Å². The molecule has 0 aliphatic rings.